The number of amides is 1. The van der Waals surface area contributed by atoms with Crippen LogP contribution in [0.2, 0.25) is 0 Å². The van der Waals surface area contributed by atoms with Crippen molar-refractivity contribution in [3.05, 3.63) is 0 Å². The number of piperazine rings is 1. The summed E-state index contributed by atoms with van der Waals surface area (Å²) in [6, 6.07) is 0. The van der Waals surface area contributed by atoms with Crippen molar-refractivity contribution in [3.63, 3.8) is 0 Å². The van der Waals surface area contributed by atoms with Crippen LogP contribution < -0.4 is 5.32 Å². The van der Waals surface area contributed by atoms with Gasteiger partial charge >= 0.3 is 0 Å². The molecule has 1 amide bonds. The molecule has 0 radical (unpaired) electrons. The van der Waals surface area contributed by atoms with Crippen LogP contribution in [0.25, 0.3) is 0 Å². The zero-order valence-electron chi connectivity index (χ0n) is 16.3. The maximum atomic E-state index is 11.4. The molecule has 6 nitrogen and oxygen atoms in total. The summed E-state index contributed by atoms with van der Waals surface area (Å²) >= 11 is 0. The molecule has 25 heavy (non-hydrogen) atoms. The number of carbonyl (C=O) groups excluding carboxylic acids is 1. The highest BCUT2D eigenvalue weighted by molar-refractivity contribution is 14.0. The Bertz CT molecular complexity index is 435. The van der Waals surface area contributed by atoms with Crippen LogP contribution in [0.5, 0.6) is 0 Å². The van der Waals surface area contributed by atoms with Gasteiger partial charge in [0.25, 0.3) is 0 Å². The Balaban J connectivity index is 0.00000312. The van der Waals surface area contributed by atoms with Crippen molar-refractivity contribution in [1.29, 1.82) is 0 Å². The molecule has 0 bridgehead atoms. The van der Waals surface area contributed by atoms with Crippen molar-refractivity contribution in [3.8, 4) is 0 Å². The molecule has 0 aromatic carbocycles. The fraction of sp³-hybridized carbons (Fsp3) is 0.889. The Morgan fingerprint density at radius 3 is 2.40 bits per heavy atom. The number of nitrogens with one attached hydrogen (secondary N) is 1. The summed E-state index contributed by atoms with van der Waals surface area (Å²) in [5, 5.41) is 3.52. The molecule has 1 unspecified atom stereocenters. The summed E-state index contributed by atoms with van der Waals surface area (Å²) < 4.78 is 0. The van der Waals surface area contributed by atoms with E-state index < -0.39 is 0 Å². The van der Waals surface area contributed by atoms with Gasteiger partial charge in [0.2, 0.25) is 5.91 Å². The smallest absolute Gasteiger partial charge is 0.219 e. The van der Waals surface area contributed by atoms with E-state index >= 15 is 0 Å². The van der Waals surface area contributed by atoms with Crippen molar-refractivity contribution in [2.45, 2.75) is 33.6 Å². The van der Waals surface area contributed by atoms with Crippen LogP contribution in [-0.2, 0) is 4.79 Å². The first-order valence-corrected chi connectivity index (χ1v) is 9.43. The zero-order valence-corrected chi connectivity index (χ0v) is 18.7. The van der Waals surface area contributed by atoms with Crippen LogP contribution in [0.1, 0.15) is 33.6 Å². The number of nitrogens with zero attached hydrogens (tertiary/aromatic N) is 4. The van der Waals surface area contributed by atoms with Crippen molar-refractivity contribution >= 4 is 35.8 Å². The molecule has 2 saturated heterocycles. The molecule has 0 spiro atoms. The molecule has 2 aliphatic heterocycles. The van der Waals surface area contributed by atoms with Crippen molar-refractivity contribution in [1.82, 2.24) is 20.0 Å². The van der Waals surface area contributed by atoms with E-state index in [1.54, 1.807) is 6.92 Å². The van der Waals surface area contributed by atoms with E-state index in [0.29, 0.717) is 0 Å². The van der Waals surface area contributed by atoms with Gasteiger partial charge in [-0.3, -0.25) is 14.7 Å². The second-order valence-electron chi connectivity index (χ2n) is 7.55. The summed E-state index contributed by atoms with van der Waals surface area (Å²) in [5.41, 5.74) is 0. The summed E-state index contributed by atoms with van der Waals surface area (Å²) in [5.74, 6) is 2.82. The molecule has 0 aliphatic carbocycles. The van der Waals surface area contributed by atoms with Crippen molar-refractivity contribution in [2.75, 3.05) is 59.4 Å². The predicted molar refractivity (Wildman–Crippen MR) is 115 cm³/mol. The Kier molecular flexibility index (Phi) is 10.1. The molecule has 2 heterocycles. The maximum absolute atomic E-state index is 11.4. The monoisotopic (exact) mass is 465 g/mol. The minimum atomic E-state index is 0. The van der Waals surface area contributed by atoms with E-state index in [1.807, 2.05) is 11.9 Å². The average Bonchev–Trinajstić information content (AvgIpc) is 2.99. The van der Waals surface area contributed by atoms with Gasteiger partial charge in [-0.05, 0) is 24.7 Å². The van der Waals surface area contributed by atoms with Gasteiger partial charge in [-0.15, -0.1) is 24.0 Å². The molecule has 0 aromatic rings. The minimum absolute atomic E-state index is 0. The highest BCUT2D eigenvalue weighted by Crippen LogP contribution is 2.23. The molecule has 0 aromatic heterocycles. The molecule has 2 rings (SSSR count). The molecule has 1 N–H and O–H groups in total. The van der Waals surface area contributed by atoms with E-state index in [1.165, 1.54) is 12.8 Å². The quantitative estimate of drug-likeness (QED) is 0.382. The van der Waals surface area contributed by atoms with Crippen LogP contribution in [0, 0.1) is 11.8 Å². The van der Waals surface area contributed by atoms with Gasteiger partial charge < -0.3 is 15.1 Å². The molecular weight excluding hydrogens is 429 g/mol. The summed E-state index contributed by atoms with van der Waals surface area (Å²) in [6.07, 6.45) is 2.60. The van der Waals surface area contributed by atoms with Crippen LogP contribution >= 0.6 is 24.0 Å². The second-order valence-corrected chi connectivity index (χ2v) is 7.55. The standard InChI is InChI=1S/C18H35N5O.HI/c1-15(2)13-17-5-7-23(14-17)18(19-4)20-6-8-21-9-11-22(12-10-21)16(3)24;/h15,17H,5-14H2,1-4H3,(H,19,20);1H. The molecule has 2 fully saturated rings. The van der Waals surface area contributed by atoms with Crippen molar-refractivity contribution < 1.29 is 4.79 Å². The second kappa shape index (κ2) is 11.2. The lowest BCUT2D eigenvalue weighted by Gasteiger charge is -2.34. The van der Waals surface area contributed by atoms with E-state index in [2.05, 4.69) is 34.0 Å². The topological polar surface area (TPSA) is 51.2 Å². The Morgan fingerprint density at radius 2 is 1.84 bits per heavy atom. The van der Waals surface area contributed by atoms with E-state index in [0.717, 1.165) is 70.2 Å². The number of aliphatic imine (C=N–C) groups is 1. The minimum Gasteiger partial charge on any atom is -0.355 e. The molecule has 0 saturated carbocycles. The molecule has 7 heteroatoms. The van der Waals surface area contributed by atoms with Gasteiger partial charge in [-0.2, -0.15) is 0 Å². The third-order valence-corrected chi connectivity index (χ3v) is 5.13. The summed E-state index contributed by atoms with van der Waals surface area (Å²) in [7, 11) is 1.88. The van der Waals surface area contributed by atoms with Gasteiger partial charge in [0, 0.05) is 66.3 Å². The van der Waals surface area contributed by atoms with Gasteiger partial charge in [0.1, 0.15) is 0 Å². The predicted octanol–water partition coefficient (Wildman–Crippen LogP) is 1.71. The van der Waals surface area contributed by atoms with Gasteiger partial charge in [0.15, 0.2) is 5.96 Å². The normalized spacial score (nSPS) is 22.3. The van der Waals surface area contributed by atoms with Gasteiger partial charge in [0.05, 0.1) is 0 Å². The Hall–Kier alpha value is -0.570. The Morgan fingerprint density at radius 1 is 1.16 bits per heavy atom. The first-order chi connectivity index (χ1) is 11.5. The zero-order chi connectivity index (χ0) is 17.5. The maximum Gasteiger partial charge on any atom is 0.219 e. The lowest BCUT2D eigenvalue weighted by molar-refractivity contribution is -0.130. The van der Waals surface area contributed by atoms with E-state index in [9.17, 15) is 4.79 Å². The number of hydrogen-bond acceptors (Lipinski definition) is 3. The van der Waals surface area contributed by atoms with Crippen LogP contribution in [0.4, 0.5) is 0 Å². The fourth-order valence-corrected chi connectivity index (χ4v) is 3.83. The third-order valence-electron chi connectivity index (χ3n) is 5.13. The lowest BCUT2D eigenvalue weighted by atomic mass is 9.97. The highest BCUT2D eigenvalue weighted by atomic mass is 127. The number of rotatable bonds is 5. The lowest BCUT2D eigenvalue weighted by Crippen LogP contribution is -2.50. The molecule has 146 valence electrons. The van der Waals surface area contributed by atoms with Gasteiger partial charge in [-0.1, -0.05) is 13.8 Å². The average molecular weight is 465 g/mol. The van der Waals surface area contributed by atoms with Crippen LogP contribution in [-0.4, -0.2) is 86.0 Å². The first-order valence-electron chi connectivity index (χ1n) is 9.43. The summed E-state index contributed by atoms with van der Waals surface area (Å²) in [6.45, 7) is 14.1. The number of halogens is 1. The van der Waals surface area contributed by atoms with Crippen LogP contribution in [0.3, 0.4) is 0 Å². The van der Waals surface area contributed by atoms with Crippen LogP contribution in [0.15, 0.2) is 4.99 Å². The first kappa shape index (κ1) is 22.5. The Labute approximate surface area is 170 Å². The molecule has 1 atom stereocenters. The van der Waals surface area contributed by atoms with E-state index in [4.69, 9.17) is 0 Å². The largest absolute Gasteiger partial charge is 0.355 e. The number of carbonyl (C=O) groups is 1. The molecular formula is C18H36IN5O. The number of likely N-dealkylation sites (tertiary alicyclic amines) is 1. The fourth-order valence-electron chi connectivity index (χ4n) is 3.83. The van der Waals surface area contributed by atoms with E-state index in [-0.39, 0.29) is 29.9 Å². The number of hydrogen-bond donors (Lipinski definition) is 1. The van der Waals surface area contributed by atoms with Crippen molar-refractivity contribution in [2.24, 2.45) is 16.8 Å². The third kappa shape index (κ3) is 7.29. The SMILES string of the molecule is CN=C(NCCN1CCN(C(C)=O)CC1)N1CCC(CC(C)C)C1.I. The number of guanidine groups is 1. The highest BCUT2D eigenvalue weighted by Gasteiger charge is 2.25. The summed E-state index contributed by atoms with van der Waals surface area (Å²) in [4.78, 5) is 22.6. The van der Waals surface area contributed by atoms with Gasteiger partial charge in [-0.25, -0.2) is 0 Å². The molecule has 2 aliphatic rings.